The second kappa shape index (κ2) is 9.78. The van der Waals surface area contributed by atoms with Crippen molar-refractivity contribution in [3.63, 3.8) is 0 Å². The summed E-state index contributed by atoms with van der Waals surface area (Å²) in [5, 5.41) is 8.06. The highest BCUT2D eigenvalue weighted by atomic mass is 35.5. The third kappa shape index (κ3) is 6.31. The maximum atomic E-state index is 12.1. The summed E-state index contributed by atoms with van der Waals surface area (Å²) in [7, 11) is 1.80. The number of carbonyl (C=O) groups excluding carboxylic acids is 2. The molecule has 0 aliphatic carbocycles. The van der Waals surface area contributed by atoms with Crippen molar-refractivity contribution < 1.29 is 9.59 Å². The van der Waals surface area contributed by atoms with E-state index in [2.05, 4.69) is 10.6 Å². The number of amides is 2. The number of hydrogen-bond acceptors (Lipinski definition) is 5. The summed E-state index contributed by atoms with van der Waals surface area (Å²) in [6.07, 6.45) is 0. The first-order valence-electron chi connectivity index (χ1n) is 7.11. The molecule has 0 bridgehead atoms. The van der Waals surface area contributed by atoms with Crippen molar-refractivity contribution in [3.8, 4) is 0 Å². The molecule has 1 saturated heterocycles. The van der Waals surface area contributed by atoms with Crippen molar-refractivity contribution in [2.75, 3.05) is 46.3 Å². The third-order valence-electron chi connectivity index (χ3n) is 3.33. The SMILES string of the molecule is CN(CC(=O)NCc1cccs1)CC(=O)N1CCNCC1.Cl. The van der Waals surface area contributed by atoms with Gasteiger partial charge in [-0.3, -0.25) is 14.5 Å². The number of piperazine rings is 1. The monoisotopic (exact) mass is 346 g/mol. The normalized spacial score (nSPS) is 14.5. The molecule has 1 fully saturated rings. The quantitative estimate of drug-likeness (QED) is 0.769. The highest BCUT2D eigenvalue weighted by Crippen LogP contribution is 2.07. The van der Waals surface area contributed by atoms with Gasteiger partial charge in [0.1, 0.15) is 0 Å². The van der Waals surface area contributed by atoms with Gasteiger partial charge in [-0.15, -0.1) is 23.7 Å². The van der Waals surface area contributed by atoms with Crippen LogP contribution >= 0.6 is 23.7 Å². The van der Waals surface area contributed by atoms with Crippen molar-refractivity contribution in [3.05, 3.63) is 22.4 Å². The fourth-order valence-corrected chi connectivity index (χ4v) is 2.85. The standard InChI is InChI=1S/C14H22N4O2S.ClH/c1-17(11-14(20)18-6-4-15-5-7-18)10-13(19)16-9-12-3-2-8-21-12;/h2-3,8,15H,4-7,9-11H2,1H3,(H,16,19);1H. The lowest BCUT2D eigenvalue weighted by atomic mass is 10.3. The molecule has 1 aromatic heterocycles. The Bertz CT molecular complexity index is 463. The molecule has 2 heterocycles. The van der Waals surface area contributed by atoms with E-state index in [0.717, 1.165) is 31.1 Å². The van der Waals surface area contributed by atoms with E-state index in [1.807, 2.05) is 22.4 Å². The van der Waals surface area contributed by atoms with Gasteiger partial charge < -0.3 is 15.5 Å². The van der Waals surface area contributed by atoms with Gasteiger partial charge in [0.15, 0.2) is 0 Å². The molecule has 2 N–H and O–H groups in total. The zero-order chi connectivity index (χ0) is 15.1. The summed E-state index contributed by atoms with van der Waals surface area (Å²) in [4.78, 5) is 28.6. The van der Waals surface area contributed by atoms with Crippen LogP contribution < -0.4 is 10.6 Å². The summed E-state index contributed by atoms with van der Waals surface area (Å²) in [5.74, 6) is 0.0315. The summed E-state index contributed by atoms with van der Waals surface area (Å²) in [6, 6.07) is 3.95. The zero-order valence-electron chi connectivity index (χ0n) is 12.7. The lowest BCUT2D eigenvalue weighted by Crippen LogP contribution is -2.50. The van der Waals surface area contributed by atoms with E-state index < -0.39 is 0 Å². The van der Waals surface area contributed by atoms with Crippen LogP contribution in [0.3, 0.4) is 0 Å². The molecule has 0 saturated carbocycles. The summed E-state index contributed by atoms with van der Waals surface area (Å²) in [6.45, 7) is 4.26. The van der Waals surface area contributed by atoms with Crippen LogP contribution in [-0.4, -0.2) is 67.9 Å². The first-order chi connectivity index (χ1) is 10.1. The Morgan fingerprint density at radius 1 is 1.36 bits per heavy atom. The molecule has 0 radical (unpaired) electrons. The number of nitrogens with one attached hydrogen (secondary N) is 2. The van der Waals surface area contributed by atoms with E-state index in [1.54, 1.807) is 23.3 Å². The Morgan fingerprint density at radius 3 is 2.73 bits per heavy atom. The Kier molecular flexibility index (Phi) is 8.40. The molecule has 1 aliphatic rings. The maximum absolute atomic E-state index is 12.1. The van der Waals surface area contributed by atoms with Gasteiger partial charge >= 0.3 is 0 Å². The minimum atomic E-state index is -0.0565. The van der Waals surface area contributed by atoms with Crippen LogP contribution in [0.25, 0.3) is 0 Å². The Balaban J connectivity index is 0.00000242. The number of rotatable bonds is 6. The predicted molar refractivity (Wildman–Crippen MR) is 90.4 cm³/mol. The van der Waals surface area contributed by atoms with Gasteiger partial charge in [0.05, 0.1) is 19.6 Å². The maximum Gasteiger partial charge on any atom is 0.236 e. The van der Waals surface area contributed by atoms with Crippen molar-refractivity contribution in [2.24, 2.45) is 0 Å². The number of nitrogens with zero attached hydrogens (tertiary/aromatic N) is 2. The molecule has 0 atom stereocenters. The topological polar surface area (TPSA) is 64.7 Å². The Labute approximate surface area is 141 Å². The highest BCUT2D eigenvalue weighted by Gasteiger charge is 2.18. The van der Waals surface area contributed by atoms with Gasteiger partial charge in [0.25, 0.3) is 0 Å². The summed E-state index contributed by atoms with van der Waals surface area (Å²) in [5.41, 5.74) is 0. The Morgan fingerprint density at radius 2 is 2.09 bits per heavy atom. The van der Waals surface area contributed by atoms with Gasteiger partial charge in [0, 0.05) is 31.1 Å². The first-order valence-corrected chi connectivity index (χ1v) is 7.99. The van der Waals surface area contributed by atoms with E-state index in [-0.39, 0.29) is 37.3 Å². The molecular formula is C14H23ClN4O2S. The minimum Gasteiger partial charge on any atom is -0.350 e. The molecule has 8 heteroatoms. The molecule has 0 spiro atoms. The van der Waals surface area contributed by atoms with Crippen molar-refractivity contribution in [2.45, 2.75) is 6.54 Å². The van der Waals surface area contributed by atoms with Gasteiger partial charge in [-0.1, -0.05) is 6.07 Å². The average Bonchev–Trinajstić information content (AvgIpc) is 2.99. The average molecular weight is 347 g/mol. The van der Waals surface area contributed by atoms with Gasteiger partial charge in [-0.25, -0.2) is 0 Å². The lowest BCUT2D eigenvalue weighted by molar-refractivity contribution is -0.133. The van der Waals surface area contributed by atoms with Crippen LogP contribution in [0.4, 0.5) is 0 Å². The smallest absolute Gasteiger partial charge is 0.236 e. The fraction of sp³-hybridized carbons (Fsp3) is 0.571. The van der Waals surface area contributed by atoms with Crippen LogP contribution in [0.5, 0.6) is 0 Å². The summed E-state index contributed by atoms with van der Waals surface area (Å²) < 4.78 is 0. The van der Waals surface area contributed by atoms with Crippen LogP contribution in [0.1, 0.15) is 4.88 Å². The molecule has 1 aliphatic heterocycles. The predicted octanol–water partition coefficient (Wildman–Crippen LogP) is 0.150. The van der Waals surface area contributed by atoms with Crippen LogP contribution in [0.15, 0.2) is 17.5 Å². The molecule has 1 aromatic rings. The molecule has 2 rings (SSSR count). The third-order valence-corrected chi connectivity index (χ3v) is 4.20. The molecule has 0 unspecified atom stereocenters. The highest BCUT2D eigenvalue weighted by molar-refractivity contribution is 7.09. The van der Waals surface area contributed by atoms with Crippen molar-refractivity contribution >= 4 is 35.6 Å². The summed E-state index contributed by atoms with van der Waals surface area (Å²) >= 11 is 1.62. The van der Waals surface area contributed by atoms with Crippen molar-refractivity contribution in [1.82, 2.24) is 20.4 Å². The molecular weight excluding hydrogens is 324 g/mol. The fourth-order valence-electron chi connectivity index (χ4n) is 2.20. The van der Waals surface area contributed by atoms with Crippen LogP contribution in [0, 0.1) is 0 Å². The molecule has 124 valence electrons. The number of carbonyl (C=O) groups is 2. The van der Waals surface area contributed by atoms with E-state index in [0.29, 0.717) is 6.54 Å². The minimum absolute atomic E-state index is 0. The zero-order valence-corrected chi connectivity index (χ0v) is 14.3. The van der Waals surface area contributed by atoms with Gasteiger partial charge in [-0.05, 0) is 18.5 Å². The number of thiophene rings is 1. The number of halogens is 1. The molecule has 22 heavy (non-hydrogen) atoms. The van der Waals surface area contributed by atoms with Crippen LogP contribution in [-0.2, 0) is 16.1 Å². The van der Waals surface area contributed by atoms with Crippen molar-refractivity contribution in [1.29, 1.82) is 0 Å². The van der Waals surface area contributed by atoms with E-state index in [1.165, 1.54) is 0 Å². The lowest BCUT2D eigenvalue weighted by Gasteiger charge is -2.29. The number of likely N-dealkylation sites (N-methyl/N-ethyl adjacent to an activating group) is 1. The van der Waals surface area contributed by atoms with Gasteiger partial charge in [-0.2, -0.15) is 0 Å². The number of hydrogen-bond donors (Lipinski definition) is 2. The Hall–Kier alpha value is -1.15. The first kappa shape index (κ1) is 18.9. The van der Waals surface area contributed by atoms with E-state index >= 15 is 0 Å². The van der Waals surface area contributed by atoms with E-state index in [4.69, 9.17) is 0 Å². The van der Waals surface area contributed by atoms with Gasteiger partial charge in [0.2, 0.25) is 11.8 Å². The largest absolute Gasteiger partial charge is 0.350 e. The van der Waals surface area contributed by atoms with Crippen LogP contribution in [0.2, 0.25) is 0 Å². The second-order valence-electron chi connectivity index (χ2n) is 5.16. The van der Waals surface area contributed by atoms with E-state index in [9.17, 15) is 9.59 Å². The molecule has 6 nitrogen and oxygen atoms in total. The molecule has 0 aromatic carbocycles. The second-order valence-corrected chi connectivity index (χ2v) is 6.19. The molecule has 2 amide bonds.